The van der Waals surface area contributed by atoms with Gasteiger partial charge in [0, 0.05) is 19.3 Å². The number of carbonyl (C=O) groups is 3. The molecular weight excluding hydrogens is 661 g/mol. The summed E-state index contributed by atoms with van der Waals surface area (Å²) >= 11 is 0. The van der Waals surface area contributed by atoms with Crippen LogP contribution in [0.25, 0.3) is 0 Å². The maximum absolute atomic E-state index is 12.7. The van der Waals surface area contributed by atoms with Crippen molar-refractivity contribution in [2.24, 2.45) is 11.8 Å². The normalized spacial score (nSPS) is 12.6. The Balaban J connectivity index is 4.18. The predicted molar refractivity (Wildman–Crippen MR) is 224 cm³/mol. The molecule has 0 saturated carbocycles. The average Bonchev–Trinajstić information content (AvgIpc) is 3.14. The summed E-state index contributed by atoms with van der Waals surface area (Å²) in [5.41, 5.74) is 0. The number of carbonyl (C=O) groups excluding carboxylic acids is 3. The first-order valence-electron chi connectivity index (χ1n) is 23.3. The quantitative estimate of drug-likeness (QED) is 0.0352. The second-order valence-corrected chi connectivity index (χ2v) is 16.8. The highest BCUT2D eigenvalue weighted by Gasteiger charge is 2.19. The van der Waals surface area contributed by atoms with Crippen LogP contribution in [0.3, 0.4) is 0 Å². The van der Waals surface area contributed by atoms with Crippen LogP contribution < -0.4 is 0 Å². The molecule has 1 unspecified atom stereocenters. The van der Waals surface area contributed by atoms with Crippen molar-refractivity contribution in [3.63, 3.8) is 0 Å². The first kappa shape index (κ1) is 51.4. The lowest BCUT2D eigenvalue weighted by Gasteiger charge is -2.18. The molecule has 0 fully saturated rings. The standard InChI is InChI=1S/C47H90O6/c1-6-8-9-25-32-37-45(48)51-40-44(41-52-46(49)38-33-28-23-19-16-15-18-22-27-31-36-43(5)7-2)53-47(50)39-34-29-24-20-14-12-10-11-13-17-21-26-30-35-42(3)4/h42-44H,6-41H2,1-5H3/t43?,44-/m1/s1. The highest BCUT2D eigenvalue weighted by atomic mass is 16.6. The van der Waals surface area contributed by atoms with E-state index in [1.54, 1.807) is 0 Å². The smallest absolute Gasteiger partial charge is 0.306 e. The first-order chi connectivity index (χ1) is 25.8. The lowest BCUT2D eigenvalue weighted by Crippen LogP contribution is -2.30. The Morgan fingerprint density at radius 2 is 0.717 bits per heavy atom. The van der Waals surface area contributed by atoms with E-state index in [2.05, 4.69) is 34.6 Å². The van der Waals surface area contributed by atoms with Gasteiger partial charge in [-0.1, -0.05) is 214 Å². The molecule has 0 aromatic rings. The van der Waals surface area contributed by atoms with Gasteiger partial charge in [-0.2, -0.15) is 0 Å². The van der Waals surface area contributed by atoms with Gasteiger partial charge in [-0.25, -0.2) is 0 Å². The molecule has 2 atom stereocenters. The van der Waals surface area contributed by atoms with Crippen LogP contribution >= 0.6 is 0 Å². The molecule has 0 radical (unpaired) electrons. The van der Waals surface area contributed by atoms with Crippen LogP contribution in [0.2, 0.25) is 0 Å². The molecular formula is C47H90O6. The molecule has 0 aliphatic rings. The van der Waals surface area contributed by atoms with E-state index < -0.39 is 6.10 Å². The predicted octanol–water partition coefficient (Wildman–Crippen LogP) is 14.6. The van der Waals surface area contributed by atoms with E-state index in [9.17, 15) is 14.4 Å². The Morgan fingerprint density at radius 3 is 1.08 bits per heavy atom. The van der Waals surface area contributed by atoms with E-state index >= 15 is 0 Å². The molecule has 0 spiro atoms. The third-order valence-corrected chi connectivity index (χ3v) is 10.8. The van der Waals surface area contributed by atoms with Gasteiger partial charge in [-0.05, 0) is 31.1 Å². The molecule has 0 aliphatic carbocycles. The van der Waals surface area contributed by atoms with Gasteiger partial charge in [-0.15, -0.1) is 0 Å². The minimum Gasteiger partial charge on any atom is -0.462 e. The number of unbranched alkanes of at least 4 members (excludes halogenated alkanes) is 25. The van der Waals surface area contributed by atoms with Crippen molar-refractivity contribution in [1.82, 2.24) is 0 Å². The van der Waals surface area contributed by atoms with Crippen molar-refractivity contribution < 1.29 is 28.6 Å². The molecule has 0 heterocycles. The van der Waals surface area contributed by atoms with Crippen molar-refractivity contribution in [3.8, 4) is 0 Å². The molecule has 0 aliphatic heterocycles. The van der Waals surface area contributed by atoms with Crippen LogP contribution in [-0.2, 0) is 28.6 Å². The van der Waals surface area contributed by atoms with Gasteiger partial charge in [0.15, 0.2) is 6.10 Å². The van der Waals surface area contributed by atoms with Crippen LogP contribution in [0.5, 0.6) is 0 Å². The zero-order valence-corrected chi connectivity index (χ0v) is 36.1. The summed E-state index contributed by atoms with van der Waals surface area (Å²) in [6, 6.07) is 0. The summed E-state index contributed by atoms with van der Waals surface area (Å²) in [7, 11) is 0. The third-order valence-electron chi connectivity index (χ3n) is 10.8. The van der Waals surface area contributed by atoms with E-state index in [0.717, 1.165) is 76.0 Å². The molecule has 53 heavy (non-hydrogen) atoms. The van der Waals surface area contributed by atoms with Crippen molar-refractivity contribution in [2.75, 3.05) is 13.2 Å². The van der Waals surface area contributed by atoms with E-state index in [4.69, 9.17) is 14.2 Å². The van der Waals surface area contributed by atoms with E-state index in [1.165, 1.54) is 135 Å². The number of rotatable bonds is 41. The van der Waals surface area contributed by atoms with Gasteiger partial charge in [0.25, 0.3) is 0 Å². The average molecular weight is 751 g/mol. The van der Waals surface area contributed by atoms with Gasteiger partial charge < -0.3 is 14.2 Å². The van der Waals surface area contributed by atoms with E-state index in [-0.39, 0.29) is 31.1 Å². The lowest BCUT2D eigenvalue weighted by molar-refractivity contribution is -0.167. The Labute approximate surface area is 329 Å². The summed E-state index contributed by atoms with van der Waals surface area (Å²) in [6.07, 6.45) is 38.2. The Bertz CT molecular complexity index is 811. The highest BCUT2D eigenvalue weighted by Crippen LogP contribution is 2.17. The largest absolute Gasteiger partial charge is 0.462 e. The van der Waals surface area contributed by atoms with Gasteiger partial charge in [0.2, 0.25) is 0 Å². The topological polar surface area (TPSA) is 78.9 Å². The van der Waals surface area contributed by atoms with E-state index in [0.29, 0.717) is 19.3 Å². The molecule has 0 saturated heterocycles. The number of esters is 3. The van der Waals surface area contributed by atoms with Crippen LogP contribution in [0, 0.1) is 11.8 Å². The zero-order valence-electron chi connectivity index (χ0n) is 36.1. The van der Waals surface area contributed by atoms with Crippen molar-refractivity contribution in [1.29, 1.82) is 0 Å². The minimum absolute atomic E-state index is 0.0656. The van der Waals surface area contributed by atoms with E-state index in [1.807, 2.05) is 0 Å². The Morgan fingerprint density at radius 1 is 0.396 bits per heavy atom. The number of ether oxygens (including phenoxy) is 3. The fourth-order valence-electron chi connectivity index (χ4n) is 6.90. The van der Waals surface area contributed by atoms with Gasteiger partial charge in [0.05, 0.1) is 0 Å². The molecule has 0 bridgehead atoms. The summed E-state index contributed by atoms with van der Waals surface area (Å²) in [4.78, 5) is 37.5. The molecule has 0 N–H and O–H groups in total. The zero-order chi connectivity index (χ0) is 39.0. The molecule has 0 aromatic carbocycles. The van der Waals surface area contributed by atoms with Crippen LogP contribution in [-0.4, -0.2) is 37.2 Å². The SMILES string of the molecule is CCCCCCCC(=O)OC[C@H](COC(=O)CCCCCCCCCCCCC(C)CC)OC(=O)CCCCCCCCCCCCCCCC(C)C. The van der Waals surface area contributed by atoms with Crippen molar-refractivity contribution in [3.05, 3.63) is 0 Å². The Kier molecular flexibility index (Phi) is 38.9. The second kappa shape index (κ2) is 40.1. The summed E-state index contributed by atoms with van der Waals surface area (Å²) in [6.45, 7) is 11.3. The maximum Gasteiger partial charge on any atom is 0.306 e. The summed E-state index contributed by atoms with van der Waals surface area (Å²) in [5.74, 6) is 0.839. The summed E-state index contributed by atoms with van der Waals surface area (Å²) in [5, 5.41) is 0. The molecule has 0 rings (SSSR count). The monoisotopic (exact) mass is 751 g/mol. The fourth-order valence-corrected chi connectivity index (χ4v) is 6.90. The fraction of sp³-hybridized carbons (Fsp3) is 0.936. The van der Waals surface area contributed by atoms with Gasteiger partial charge in [-0.3, -0.25) is 14.4 Å². The minimum atomic E-state index is -0.759. The molecule has 314 valence electrons. The van der Waals surface area contributed by atoms with Crippen LogP contribution in [0.4, 0.5) is 0 Å². The van der Waals surface area contributed by atoms with Crippen LogP contribution in [0.15, 0.2) is 0 Å². The van der Waals surface area contributed by atoms with Gasteiger partial charge >= 0.3 is 17.9 Å². The lowest BCUT2D eigenvalue weighted by atomic mass is 9.99. The maximum atomic E-state index is 12.7. The third kappa shape index (κ3) is 39.9. The molecule has 0 aromatic heterocycles. The number of hydrogen-bond donors (Lipinski definition) is 0. The molecule has 6 nitrogen and oxygen atoms in total. The second-order valence-electron chi connectivity index (χ2n) is 16.8. The van der Waals surface area contributed by atoms with Crippen molar-refractivity contribution >= 4 is 17.9 Å². The van der Waals surface area contributed by atoms with Crippen LogP contribution in [0.1, 0.15) is 253 Å². The number of hydrogen-bond acceptors (Lipinski definition) is 6. The summed E-state index contributed by atoms with van der Waals surface area (Å²) < 4.78 is 16.6. The van der Waals surface area contributed by atoms with Crippen molar-refractivity contribution in [2.45, 2.75) is 259 Å². The van der Waals surface area contributed by atoms with Gasteiger partial charge in [0.1, 0.15) is 13.2 Å². The Hall–Kier alpha value is -1.59. The molecule has 6 heteroatoms. The first-order valence-corrected chi connectivity index (χ1v) is 23.3. The molecule has 0 amide bonds. The highest BCUT2D eigenvalue weighted by molar-refractivity contribution is 5.71.